The highest BCUT2D eigenvalue weighted by atomic mass is 32.1. The van der Waals surface area contributed by atoms with Crippen molar-refractivity contribution < 1.29 is 32.6 Å². The molecule has 1 aliphatic heterocycles. The maximum absolute atomic E-state index is 13.5. The second kappa shape index (κ2) is 9.06. The largest absolute Gasteiger partial charge is 0.488 e. The molecular weight excluding hydrogens is 456 g/mol. The Hall–Kier alpha value is -3.05. The van der Waals surface area contributed by atoms with Crippen molar-refractivity contribution in [3.8, 4) is 5.75 Å². The van der Waals surface area contributed by atoms with Crippen LogP contribution in [0.4, 0.5) is 8.78 Å². The number of furan rings is 1. The number of nitrogens with one attached hydrogen (secondary N) is 1. The molecule has 2 N–H and O–H groups in total. The average molecular weight is 480 g/mol. The van der Waals surface area contributed by atoms with Crippen molar-refractivity contribution in [3.05, 3.63) is 45.6 Å². The summed E-state index contributed by atoms with van der Waals surface area (Å²) in [5, 5.41) is 13.5. The summed E-state index contributed by atoms with van der Waals surface area (Å²) in [5.74, 6) is -3.55. The van der Waals surface area contributed by atoms with E-state index in [2.05, 4.69) is 10.3 Å². The van der Waals surface area contributed by atoms with E-state index in [0.717, 1.165) is 14.8 Å². The summed E-state index contributed by atoms with van der Waals surface area (Å²) < 4.78 is 38.4. The lowest BCUT2D eigenvalue weighted by Crippen LogP contribution is -2.50. The third-order valence-corrected chi connectivity index (χ3v) is 6.27. The quantitative estimate of drug-likeness (QED) is 0.540. The Labute approximate surface area is 192 Å². The van der Waals surface area contributed by atoms with Gasteiger partial charge in [0.25, 0.3) is 11.8 Å². The van der Waals surface area contributed by atoms with Crippen LogP contribution in [-0.2, 0) is 11.4 Å². The lowest BCUT2D eigenvalue weighted by Gasteiger charge is -2.22. The third kappa shape index (κ3) is 4.98. The van der Waals surface area contributed by atoms with Crippen LogP contribution in [0.25, 0.3) is 11.0 Å². The molecule has 2 amide bonds. The molecule has 176 valence electrons. The summed E-state index contributed by atoms with van der Waals surface area (Å²) in [4.78, 5) is 31.7. The Balaban J connectivity index is 1.51. The van der Waals surface area contributed by atoms with Gasteiger partial charge >= 0.3 is 0 Å². The minimum absolute atomic E-state index is 0.133. The predicted octanol–water partition coefficient (Wildman–Crippen LogP) is 3.04. The van der Waals surface area contributed by atoms with Gasteiger partial charge in [0, 0.05) is 24.5 Å². The van der Waals surface area contributed by atoms with Crippen molar-refractivity contribution >= 4 is 34.1 Å². The van der Waals surface area contributed by atoms with Gasteiger partial charge in [0.2, 0.25) is 5.91 Å². The number of alkyl halides is 2. The van der Waals surface area contributed by atoms with Gasteiger partial charge in [-0.2, -0.15) is 0 Å². The molecule has 0 spiro atoms. The zero-order valence-corrected chi connectivity index (χ0v) is 18.9. The number of carbonyl (C=O) groups excluding carboxylic acids is 2. The van der Waals surface area contributed by atoms with Crippen LogP contribution in [0, 0.1) is 13.8 Å². The summed E-state index contributed by atoms with van der Waals surface area (Å²) >= 11 is 1.52. The monoisotopic (exact) mass is 479 g/mol. The first-order valence-electron chi connectivity index (χ1n) is 10.3. The van der Waals surface area contributed by atoms with E-state index in [9.17, 15) is 23.5 Å². The maximum atomic E-state index is 13.5. The van der Waals surface area contributed by atoms with Crippen LogP contribution in [0.5, 0.6) is 5.75 Å². The lowest BCUT2D eigenvalue weighted by atomic mass is 10.1. The van der Waals surface area contributed by atoms with E-state index in [0.29, 0.717) is 29.1 Å². The minimum Gasteiger partial charge on any atom is -0.488 e. The number of carbonyl (C=O) groups is 2. The molecule has 2 aromatic heterocycles. The van der Waals surface area contributed by atoms with Gasteiger partial charge in [0.1, 0.15) is 29.7 Å². The molecule has 0 aliphatic carbocycles. The van der Waals surface area contributed by atoms with Crippen LogP contribution in [-0.4, -0.2) is 58.5 Å². The molecule has 0 bridgehead atoms. The highest BCUT2D eigenvalue weighted by Crippen LogP contribution is 2.30. The van der Waals surface area contributed by atoms with E-state index >= 15 is 0 Å². The second-order valence-corrected chi connectivity index (χ2v) is 9.22. The van der Waals surface area contributed by atoms with Crippen molar-refractivity contribution in [1.29, 1.82) is 0 Å². The fourth-order valence-corrected chi connectivity index (χ4v) is 4.47. The van der Waals surface area contributed by atoms with Crippen molar-refractivity contribution in [1.82, 2.24) is 15.2 Å². The molecule has 4 rings (SSSR count). The molecule has 1 atom stereocenters. The highest BCUT2D eigenvalue weighted by molar-refractivity contribution is 7.11. The van der Waals surface area contributed by atoms with E-state index in [1.165, 1.54) is 11.3 Å². The Morgan fingerprint density at radius 3 is 2.82 bits per heavy atom. The number of aliphatic hydroxyl groups excluding tert-OH is 1. The van der Waals surface area contributed by atoms with Gasteiger partial charge in [0.15, 0.2) is 0 Å². The molecule has 11 heteroatoms. The number of amides is 2. The summed E-state index contributed by atoms with van der Waals surface area (Å²) in [6.45, 7) is 2.24. The number of fused-ring (bicyclic) bond motifs is 1. The Morgan fingerprint density at radius 2 is 2.18 bits per heavy atom. The van der Waals surface area contributed by atoms with Gasteiger partial charge in [-0.25, -0.2) is 13.8 Å². The summed E-state index contributed by atoms with van der Waals surface area (Å²) in [7, 11) is 0. The summed E-state index contributed by atoms with van der Waals surface area (Å²) in [6, 6.07) is 3.71. The number of nitrogens with zero attached hydrogens (tertiary/aromatic N) is 2. The fraction of sp³-hybridized carbons (Fsp3) is 0.409. The molecular formula is C22H23F2N3O5S. The Bertz CT molecular complexity index is 1190. The van der Waals surface area contributed by atoms with E-state index in [-0.39, 0.29) is 12.1 Å². The number of likely N-dealkylation sites (tertiary alicyclic amines) is 1. The number of aliphatic hydroxyl groups is 1. The van der Waals surface area contributed by atoms with Crippen LogP contribution in [0.15, 0.2) is 28.8 Å². The molecule has 1 aliphatic rings. The van der Waals surface area contributed by atoms with Crippen LogP contribution >= 0.6 is 11.3 Å². The van der Waals surface area contributed by atoms with E-state index in [1.807, 2.05) is 6.92 Å². The summed E-state index contributed by atoms with van der Waals surface area (Å²) in [5.41, 5.74) is 0.631. The van der Waals surface area contributed by atoms with Gasteiger partial charge < -0.3 is 24.5 Å². The van der Waals surface area contributed by atoms with Gasteiger partial charge in [-0.05, 0) is 32.0 Å². The first-order chi connectivity index (χ1) is 15.7. The molecule has 0 unspecified atom stereocenters. The molecule has 1 aromatic carbocycles. The lowest BCUT2D eigenvalue weighted by molar-refractivity contribution is -0.134. The predicted molar refractivity (Wildman–Crippen MR) is 117 cm³/mol. The standard InChI is InChI=1S/C22H23F2N3O5S/c1-12-19(20(29)26-17(9-28)21(30)27-6-5-22(23,24)11-27)16-7-14(3-4-18(16)32-12)31-10-15-8-25-13(2)33-15/h3-4,7-8,17,28H,5-6,9-11H2,1-2H3,(H,26,29)/t17-/m0/s1. The molecule has 0 radical (unpaired) electrons. The normalized spacial score (nSPS) is 16.2. The molecule has 0 saturated carbocycles. The van der Waals surface area contributed by atoms with Crippen molar-refractivity contribution in [3.63, 3.8) is 0 Å². The van der Waals surface area contributed by atoms with E-state index in [1.54, 1.807) is 31.3 Å². The van der Waals surface area contributed by atoms with E-state index in [4.69, 9.17) is 9.15 Å². The molecule has 1 saturated heterocycles. The van der Waals surface area contributed by atoms with Gasteiger partial charge in [-0.3, -0.25) is 9.59 Å². The number of halogens is 2. The minimum atomic E-state index is -2.97. The van der Waals surface area contributed by atoms with Crippen LogP contribution in [0.3, 0.4) is 0 Å². The fourth-order valence-electron chi connectivity index (χ4n) is 3.76. The number of thiazole rings is 1. The van der Waals surface area contributed by atoms with Crippen molar-refractivity contribution in [2.75, 3.05) is 19.7 Å². The first-order valence-corrected chi connectivity index (χ1v) is 11.1. The molecule has 3 aromatic rings. The number of ether oxygens (including phenoxy) is 1. The Kier molecular flexibility index (Phi) is 6.35. The number of benzene rings is 1. The van der Waals surface area contributed by atoms with Crippen LogP contribution in [0.2, 0.25) is 0 Å². The number of aryl methyl sites for hydroxylation is 2. The smallest absolute Gasteiger partial charge is 0.267 e. The molecule has 1 fully saturated rings. The molecule has 33 heavy (non-hydrogen) atoms. The maximum Gasteiger partial charge on any atom is 0.267 e. The summed E-state index contributed by atoms with van der Waals surface area (Å²) in [6.07, 6.45) is 1.29. The number of hydrogen-bond donors (Lipinski definition) is 2. The topological polar surface area (TPSA) is 105 Å². The molecule has 8 nitrogen and oxygen atoms in total. The second-order valence-electron chi connectivity index (χ2n) is 7.90. The average Bonchev–Trinajstić information content (AvgIpc) is 3.45. The van der Waals surface area contributed by atoms with Crippen molar-refractivity contribution in [2.45, 2.75) is 38.8 Å². The first kappa shape index (κ1) is 23.1. The van der Waals surface area contributed by atoms with Gasteiger partial charge in [0.05, 0.1) is 28.6 Å². The zero-order chi connectivity index (χ0) is 23.8. The number of hydrogen-bond acceptors (Lipinski definition) is 7. The number of rotatable bonds is 7. The SMILES string of the molecule is Cc1ncc(COc2ccc3oc(C)c(C(=O)N[C@@H](CO)C(=O)N4CCC(F)(F)C4)c3c2)s1. The van der Waals surface area contributed by atoms with E-state index < -0.39 is 43.4 Å². The van der Waals surface area contributed by atoms with Gasteiger partial charge in [-0.1, -0.05) is 0 Å². The van der Waals surface area contributed by atoms with Crippen LogP contribution in [0.1, 0.15) is 32.4 Å². The highest BCUT2D eigenvalue weighted by Gasteiger charge is 2.42. The third-order valence-electron chi connectivity index (χ3n) is 5.38. The zero-order valence-electron chi connectivity index (χ0n) is 18.1. The molecule has 3 heterocycles. The van der Waals surface area contributed by atoms with Crippen LogP contribution < -0.4 is 10.1 Å². The van der Waals surface area contributed by atoms with Gasteiger partial charge in [-0.15, -0.1) is 11.3 Å². The van der Waals surface area contributed by atoms with Crippen molar-refractivity contribution in [2.24, 2.45) is 0 Å². The number of aromatic nitrogens is 1. The Morgan fingerprint density at radius 1 is 1.39 bits per heavy atom.